The number of hydrogen-bond donors (Lipinski definition) is 0. The molecule has 0 bridgehead atoms. The molecule has 0 N–H and O–H groups in total. The minimum atomic E-state index is -0.204. The van der Waals surface area contributed by atoms with E-state index in [1.165, 1.54) is 17.3 Å². The van der Waals surface area contributed by atoms with Crippen molar-refractivity contribution in [3.05, 3.63) is 54.1 Å². The Hall–Kier alpha value is -2.18. The fourth-order valence-corrected chi connectivity index (χ4v) is 3.55. The maximum Gasteiger partial charge on any atom is 0.316 e. The Morgan fingerprint density at radius 2 is 1.96 bits per heavy atom. The van der Waals surface area contributed by atoms with E-state index in [9.17, 15) is 4.79 Å². The molecular weight excluding hydrogens is 396 g/mol. The van der Waals surface area contributed by atoms with Gasteiger partial charge in [-0.1, -0.05) is 55.4 Å². The lowest BCUT2D eigenvalue weighted by Crippen LogP contribution is -2.09. The minimum absolute atomic E-state index is 0. The molecule has 0 aliphatic heterocycles. The van der Waals surface area contributed by atoms with Crippen LogP contribution in [0.3, 0.4) is 0 Å². The summed E-state index contributed by atoms with van der Waals surface area (Å²) in [6.45, 7) is 3.24. The van der Waals surface area contributed by atoms with Gasteiger partial charge in [0.2, 0.25) is 0 Å². The summed E-state index contributed by atoms with van der Waals surface area (Å²) < 4.78 is 12.7. The Kier molecular flexibility index (Phi) is 8.67. The molecule has 0 unspecified atom stereocenters. The van der Waals surface area contributed by atoms with Gasteiger partial charge in [0, 0.05) is 6.07 Å². The molecular formula is C21H25ClN2O3S. The Labute approximate surface area is 175 Å². The van der Waals surface area contributed by atoms with Crippen molar-refractivity contribution >= 4 is 41.2 Å². The Bertz CT molecular complexity index is 899. The fourth-order valence-electron chi connectivity index (χ4n) is 2.74. The molecule has 0 saturated carbocycles. The first kappa shape index (κ1) is 22.1. The second-order valence-corrected chi connectivity index (χ2v) is 7.13. The number of carbonyl (C=O) groups excluding carboxylic acids is 1. The molecule has 1 heterocycles. The SMILES string of the molecule is CCCCOC(=O)CSc1nc2cc(OC)ccc2n1Cc1ccccc1.Cl. The van der Waals surface area contributed by atoms with E-state index in [4.69, 9.17) is 14.5 Å². The molecule has 0 aliphatic carbocycles. The highest BCUT2D eigenvalue weighted by Crippen LogP contribution is 2.28. The van der Waals surface area contributed by atoms with Crippen LogP contribution in [0.25, 0.3) is 11.0 Å². The summed E-state index contributed by atoms with van der Waals surface area (Å²) in [5.41, 5.74) is 3.05. The molecule has 3 rings (SSSR count). The second-order valence-electron chi connectivity index (χ2n) is 6.18. The molecule has 7 heteroatoms. The Morgan fingerprint density at radius 1 is 1.18 bits per heavy atom. The number of nitrogens with zero attached hydrogens (tertiary/aromatic N) is 2. The van der Waals surface area contributed by atoms with Crippen LogP contribution in [0.2, 0.25) is 0 Å². The van der Waals surface area contributed by atoms with E-state index in [0.29, 0.717) is 13.2 Å². The zero-order chi connectivity index (χ0) is 19.1. The van der Waals surface area contributed by atoms with Crippen molar-refractivity contribution in [3.63, 3.8) is 0 Å². The van der Waals surface area contributed by atoms with Crippen molar-refractivity contribution in [1.82, 2.24) is 9.55 Å². The van der Waals surface area contributed by atoms with Crippen molar-refractivity contribution in [2.24, 2.45) is 0 Å². The van der Waals surface area contributed by atoms with E-state index in [-0.39, 0.29) is 24.1 Å². The number of carbonyl (C=O) groups is 1. The smallest absolute Gasteiger partial charge is 0.316 e. The largest absolute Gasteiger partial charge is 0.497 e. The monoisotopic (exact) mass is 420 g/mol. The highest BCUT2D eigenvalue weighted by atomic mass is 35.5. The van der Waals surface area contributed by atoms with Crippen molar-refractivity contribution in [3.8, 4) is 5.75 Å². The van der Waals surface area contributed by atoms with Crippen LogP contribution >= 0.6 is 24.2 Å². The van der Waals surface area contributed by atoms with Crippen LogP contribution in [0, 0.1) is 0 Å². The number of esters is 1. The molecule has 0 saturated heterocycles. The maximum atomic E-state index is 12.0. The van der Waals surface area contributed by atoms with Gasteiger partial charge in [-0.05, 0) is 24.1 Å². The van der Waals surface area contributed by atoms with E-state index in [1.807, 2.05) is 36.4 Å². The van der Waals surface area contributed by atoms with E-state index < -0.39 is 0 Å². The number of halogens is 1. The van der Waals surface area contributed by atoms with Gasteiger partial charge >= 0.3 is 5.97 Å². The van der Waals surface area contributed by atoms with Crippen molar-refractivity contribution < 1.29 is 14.3 Å². The number of ether oxygens (including phenoxy) is 2. The molecule has 2 aromatic carbocycles. The lowest BCUT2D eigenvalue weighted by Gasteiger charge is -2.09. The number of hydrogen-bond acceptors (Lipinski definition) is 5. The van der Waals surface area contributed by atoms with Gasteiger partial charge in [0.25, 0.3) is 0 Å². The molecule has 28 heavy (non-hydrogen) atoms. The molecule has 1 aromatic heterocycles. The van der Waals surface area contributed by atoms with E-state index in [1.54, 1.807) is 7.11 Å². The molecule has 5 nitrogen and oxygen atoms in total. The predicted octanol–water partition coefficient (Wildman–Crippen LogP) is 4.95. The van der Waals surface area contributed by atoms with Gasteiger partial charge in [0.1, 0.15) is 5.75 Å². The number of methoxy groups -OCH3 is 1. The first-order valence-corrected chi connectivity index (χ1v) is 10.1. The summed E-state index contributed by atoms with van der Waals surface area (Å²) in [6.07, 6.45) is 1.90. The van der Waals surface area contributed by atoms with Gasteiger partial charge in [-0.3, -0.25) is 4.79 Å². The summed E-state index contributed by atoms with van der Waals surface area (Å²) in [4.78, 5) is 16.7. The number of unbranched alkanes of at least 4 members (excludes halogenated alkanes) is 1. The predicted molar refractivity (Wildman–Crippen MR) is 116 cm³/mol. The van der Waals surface area contributed by atoms with Gasteiger partial charge < -0.3 is 14.0 Å². The topological polar surface area (TPSA) is 53.4 Å². The second kappa shape index (κ2) is 11.0. The summed E-state index contributed by atoms with van der Waals surface area (Å²) in [5, 5.41) is 0.801. The first-order valence-electron chi connectivity index (χ1n) is 9.08. The number of imidazole rings is 1. The maximum absolute atomic E-state index is 12.0. The zero-order valence-corrected chi connectivity index (χ0v) is 17.7. The zero-order valence-electron chi connectivity index (χ0n) is 16.1. The third-order valence-corrected chi connectivity index (χ3v) is 5.13. The number of benzene rings is 2. The van der Waals surface area contributed by atoms with Crippen LogP contribution in [-0.4, -0.2) is 35.0 Å². The van der Waals surface area contributed by atoms with Crippen LogP contribution in [0.4, 0.5) is 0 Å². The quantitative estimate of drug-likeness (QED) is 0.278. The molecule has 0 fully saturated rings. The normalized spacial score (nSPS) is 10.5. The Morgan fingerprint density at radius 3 is 2.68 bits per heavy atom. The van der Waals surface area contributed by atoms with Crippen molar-refractivity contribution in [2.45, 2.75) is 31.5 Å². The molecule has 0 spiro atoms. The highest BCUT2D eigenvalue weighted by molar-refractivity contribution is 7.99. The van der Waals surface area contributed by atoms with Crippen molar-refractivity contribution in [2.75, 3.05) is 19.5 Å². The number of thioether (sulfide) groups is 1. The number of rotatable bonds is 9. The lowest BCUT2D eigenvalue weighted by atomic mass is 10.2. The highest BCUT2D eigenvalue weighted by Gasteiger charge is 2.15. The Balaban J connectivity index is 0.00000280. The van der Waals surface area contributed by atoms with E-state index in [2.05, 4.69) is 23.6 Å². The lowest BCUT2D eigenvalue weighted by molar-refractivity contribution is -0.140. The minimum Gasteiger partial charge on any atom is -0.497 e. The molecule has 0 atom stereocenters. The third-order valence-electron chi connectivity index (χ3n) is 4.18. The summed E-state index contributed by atoms with van der Waals surface area (Å²) in [6, 6.07) is 16.1. The summed E-state index contributed by atoms with van der Waals surface area (Å²) in [5.74, 6) is 0.811. The fraction of sp³-hybridized carbons (Fsp3) is 0.333. The average molecular weight is 421 g/mol. The van der Waals surface area contributed by atoms with Crippen LogP contribution in [-0.2, 0) is 16.1 Å². The van der Waals surface area contributed by atoms with Crippen LogP contribution in [0.1, 0.15) is 25.3 Å². The van der Waals surface area contributed by atoms with Crippen LogP contribution in [0.15, 0.2) is 53.7 Å². The van der Waals surface area contributed by atoms with Crippen molar-refractivity contribution in [1.29, 1.82) is 0 Å². The summed E-state index contributed by atoms with van der Waals surface area (Å²) in [7, 11) is 1.64. The summed E-state index contributed by atoms with van der Waals surface area (Å²) >= 11 is 1.41. The van der Waals surface area contributed by atoms with E-state index in [0.717, 1.165) is 34.8 Å². The van der Waals surface area contributed by atoms with Gasteiger partial charge in [-0.25, -0.2) is 4.98 Å². The molecule has 0 radical (unpaired) electrons. The van der Waals surface area contributed by atoms with Gasteiger partial charge in [-0.2, -0.15) is 0 Å². The number of fused-ring (bicyclic) bond motifs is 1. The third kappa shape index (κ3) is 5.66. The molecule has 0 aliphatic rings. The van der Waals surface area contributed by atoms with Crippen LogP contribution < -0.4 is 4.74 Å². The van der Waals surface area contributed by atoms with Gasteiger partial charge in [-0.15, -0.1) is 12.4 Å². The molecule has 0 amide bonds. The van der Waals surface area contributed by atoms with Gasteiger partial charge in [0.15, 0.2) is 5.16 Å². The van der Waals surface area contributed by atoms with Crippen LogP contribution in [0.5, 0.6) is 5.75 Å². The first-order chi connectivity index (χ1) is 13.2. The molecule has 3 aromatic rings. The standard InChI is InChI=1S/C21H24N2O3S.ClH/c1-3-4-12-26-20(24)15-27-21-22-18-13-17(25-2)10-11-19(18)23(21)14-16-8-6-5-7-9-16;/h5-11,13H,3-4,12,14-15H2,1-2H3;1H. The average Bonchev–Trinajstić information content (AvgIpc) is 3.04. The number of aromatic nitrogens is 2. The van der Waals surface area contributed by atoms with E-state index >= 15 is 0 Å². The van der Waals surface area contributed by atoms with Gasteiger partial charge in [0.05, 0.1) is 37.0 Å². The molecule has 150 valence electrons.